The van der Waals surface area contributed by atoms with Gasteiger partial charge in [-0.2, -0.15) is 8.42 Å². The van der Waals surface area contributed by atoms with Crippen molar-refractivity contribution >= 4 is 38.0 Å². The standard InChI is InChI=1S/C11H10BrNO5S/c1-7(2)18-11(15)8-4-3-5-9(12)10(8)19(16,17)13-6-14/h3-5,7H,1-2H3. The molecule has 8 heteroatoms. The largest absolute Gasteiger partial charge is 0.459 e. The number of carbonyl (C=O) groups excluding carboxylic acids is 2. The molecule has 0 bridgehead atoms. The third kappa shape index (κ3) is 3.73. The van der Waals surface area contributed by atoms with Crippen LogP contribution < -0.4 is 0 Å². The summed E-state index contributed by atoms with van der Waals surface area (Å²) >= 11 is 3.01. The molecule has 0 radical (unpaired) electrons. The van der Waals surface area contributed by atoms with Gasteiger partial charge in [0.05, 0.1) is 11.7 Å². The van der Waals surface area contributed by atoms with Gasteiger partial charge in [-0.3, -0.25) is 0 Å². The van der Waals surface area contributed by atoms with Gasteiger partial charge in [0.15, 0.2) is 0 Å². The second kappa shape index (κ2) is 6.10. The van der Waals surface area contributed by atoms with Crippen molar-refractivity contribution in [2.45, 2.75) is 24.8 Å². The summed E-state index contributed by atoms with van der Waals surface area (Å²) in [6, 6.07) is 4.17. The number of rotatable bonds is 4. The molecule has 1 rings (SSSR count). The van der Waals surface area contributed by atoms with Gasteiger partial charge in [0.2, 0.25) is 0 Å². The van der Waals surface area contributed by atoms with Crippen molar-refractivity contribution in [2.24, 2.45) is 4.40 Å². The Labute approximate surface area is 118 Å². The molecule has 0 saturated carbocycles. The Morgan fingerprint density at radius 2 is 2.05 bits per heavy atom. The highest BCUT2D eigenvalue weighted by Gasteiger charge is 2.26. The molecule has 0 heterocycles. The fourth-order valence-corrected chi connectivity index (χ4v) is 3.22. The number of esters is 1. The summed E-state index contributed by atoms with van der Waals surface area (Å²) in [5.41, 5.74) is -0.193. The van der Waals surface area contributed by atoms with E-state index in [2.05, 4.69) is 20.3 Å². The highest BCUT2D eigenvalue weighted by molar-refractivity contribution is 9.10. The van der Waals surface area contributed by atoms with Crippen LogP contribution in [0.3, 0.4) is 0 Å². The summed E-state index contributed by atoms with van der Waals surface area (Å²) in [6.07, 6.45) is 0.549. The van der Waals surface area contributed by atoms with Gasteiger partial charge in [0, 0.05) is 4.47 Å². The van der Waals surface area contributed by atoms with Crippen LogP contribution in [0.25, 0.3) is 0 Å². The van der Waals surface area contributed by atoms with E-state index in [1.165, 1.54) is 18.2 Å². The summed E-state index contributed by atoms with van der Waals surface area (Å²) in [5.74, 6) is -0.809. The minimum absolute atomic E-state index is 0.115. The summed E-state index contributed by atoms with van der Waals surface area (Å²) in [5, 5.41) is 0. The summed E-state index contributed by atoms with van der Waals surface area (Å²) < 4.78 is 31.4. The lowest BCUT2D eigenvalue weighted by atomic mass is 10.2. The highest BCUT2D eigenvalue weighted by atomic mass is 79.9. The average molecular weight is 348 g/mol. The molecule has 0 aliphatic heterocycles. The Hall–Kier alpha value is -1.50. The fourth-order valence-electron chi connectivity index (χ4n) is 1.30. The van der Waals surface area contributed by atoms with Gasteiger partial charge < -0.3 is 4.74 Å². The zero-order valence-electron chi connectivity index (χ0n) is 10.1. The summed E-state index contributed by atoms with van der Waals surface area (Å²) in [6.45, 7) is 3.27. The van der Waals surface area contributed by atoms with Gasteiger partial charge >= 0.3 is 5.97 Å². The molecule has 1 aromatic carbocycles. The topological polar surface area (TPSA) is 89.9 Å². The van der Waals surface area contributed by atoms with Crippen LogP contribution in [0, 0.1) is 0 Å². The zero-order valence-corrected chi connectivity index (χ0v) is 12.5. The minimum atomic E-state index is -4.30. The van der Waals surface area contributed by atoms with Crippen LogP contribution in [-0.4, -0.2) is 26.6 Å². The molecule has 0 unspecified atom stereocenters. The van der Waals surface area contributed by atoms with Crippen LogP contribution >= 0.6 is 15.9 Å². The van der Waals surface area contributed by atoms with E-state index in [0.29, 0.717) is 0 Å². The molecule has 0 aliphatic rings. The van der Waals surface area contributed by atoms with E-state index in [-0.39, 0.29) is 10.0 Å². The Bertz CT molecular complexity index is 647. The first kappa shape index (κ1) is 15.6. The van der Waals surface area contributed by atoms with E-state index in [4.69, 9.17) is 4.74 Å². The van der Waals surface area contributed by atoms with Gasteiger partial charge in [-0.15, -0.1) is 0 Å². The number of isocyanates is 1. The van der Waals surface area contributed by atoms with Crippen LogP contribution in [0.15, 0.2) is 32.0 Å². The summed E-state index contributed by atoms with van der Waals surface area (Å²) in [4.78, 5) is 21.6. The lowest BCUT2D eigenvalue weighted by molar-refractivity contribution is 0.0373. The highest BCUT2D eigenvalue weighted by Crippen LogP contribution is 2.28. The second-order valence-electron chi connectivity index (χ2n) is 3.73. The Kier molecular flexibility index (Phi) is 4.99. The maximum Gasteiger partial charge on any atom is 0.339 e. The van der Waals surface area contributed by atoms with Crippen molar-refractivity contribution in [3.63, 3.8) is 0 Å². The number of benzene rings is 1. The number of hydrogen-bond donors (Lipinski definition) is 0. The molecule has 19 heavy (non-hydrogen) atoms. The molecule has 102 valence electrons. The lowest BCUT2D eigenvalue weighted by Gasteiger charge is -2.11. The van der Waals surface area contributed by atoms with Crippen molar-refractivity contribution in [1.82, 2.24) is 0 Å². The van der Waals surface area contributed by atoms with Gasteiger partial charge in [-0.1, -0.05) is 10.5 Å². The number of sulfonamides is 1. The van der Waals surface area contributed by atoms with Crippen LogP contribution in [-0.2, 0) is 19.6 Å². The lowest BCUT2D eigenvalue weighted by Crippen LogP contribution is -2.15. The van der Waals surface area contributed by atoms with E-state index in [9.17, 15) is 18.0 Å². The third-order valence-corrected chi connectivity index (χ3v) is 4.14. The van der Waals surface area contributed by atoms with Crippen LogP contribution in [0.1, 0.15) is 24.2 Å². The van der Waals surface area contributed by atoms with Crippen LogP contribution in [0.2, 0.25) is 0 Å². The number of halogens is 1. The van der Waals surface area contributed by atoms with Crippen molar-refractivity contribution in [3.8, 4) is 0 Å². The molecule has 0 fully saturated rings. The Morgan fingerprint density at radius 1 is 1.42 bits per heavy atom. The second-order valence-corrected chi connectivity index (χ2v) is 6.12. The fraction of sp³-hybridized carbons (Fsp3) is 0.273. The maximum atomic E-state index is 11.8. The molecule has 0 spiro atoms. The van der Waals surface area contributed by atoms with Gasteiger partial charge in [0.25, 0.3) is 16.1 Å². The number of nitrogens with zero attached hydrogens (tertiary/aromatic N) is 1. The van der Waals surface area contributed by atoms with Crippen LogP contribution in [0.4, 0.5) is 0 Å². The predicted octanol–water partition coefficient (Wildman–Crippen LogP) is 2.04. The molecule has 0 atom stereocenters. The molecule has 0 aromatic heterocycles. The SMILES string of the molecule is CC(C)OC(=O)c1cccc(Br)c1S(=O)(=O)N=C=O. The molecule has 0 amide bonds. The summed E-state index contributed by atoms with van der Waals surface area (Å²) in [7, 11) is -4.30. The van der Waals surface area contributed by atoms with Gasteiger partial charge in [0.1, 0.15) is 4.90 Å². The molecule has 0 saturated heterocycles. The van der Waals surface area contributed by atoms with Crippen molar-refractivity contribution < 1.29 is 22.7 Å². The first-order chi connectivity index (χ1) is 8.79. The normalized spacial score (nSPS) is 10.9. The van der Waals surface area contributed by atoms with Crippen molar-refractivity contribution in [1.29, 1.82) is 0 Å². The number of hydrogen-bond acceptors (Lipinski definition) is 5. The smallest absolute Gasteiger partial charge is 0.339 e. The van der Waals surface area contributed by atoms with Crippen molar-refractivity contribution in [3.05, 3.63) is 28.2 Å². The molecular formula is C11H10BrNO5S. The molecular weight excluding hydrogens is 338 g/mol. The van der Waals surface area contributed by atoms with E-state index in [0.717, 1.165) is 6.08 Å². The Balaban J connectivity index is 3.48. The number of ether oxygens (including phenoxy) is 1. The van der Waals surface area contributed by atoms with E-state index in [1.807, 2.05) is 0 Å². The number of carbonyl (C=O) groups is 1. The first-order valence-electron chi connectivity index (χ1n) is 5.13. The van der Waals surface area contributed by atoms with Crippen LogP contribution in [0.5, 0.6) is 0 Å². The monoisotopic (exact) mass is 347 g/mol. The maximum absolute atomic E-state index is 11.8. The molecule has 0 aliphatic carbocycles. The average Bonchev–Trinajstić information content (AvgIpc) is 2.27. The molecule has 0 N–H and O–H groups in total. The Morgan fingerprint density at radius 3 is 2.58 bits per heavy atom. The van der Waals surface area contributed by atoms with Crippen molar-refractivity contribution in [2.75, 3.05) is 0 Å². The first-order valence-corrected chi connectivity index (χ1v) is 7.36. The quantitative estimate of drug-likeness (QED) is 0.472. The van der Waals surface area contributed by atoms with Gasteiger partial charge in [-0.25, -0.2) is 9.59 Å². The van der Waals surface area contributed by atoms with Gasteiger partial charge in [-0.05, 0) is 41.9 Å². The molecule has 1 aromatic rings. The van der Waals surface area contributed by atoms with E-state index < -0.39 is 27.0 Å². The molecule has 6 nitrogen and oxygen atoms in total. The van der Waals surface area contributed by atoms with E-state index >= 15 is 0 Å². The van der Waals surface area contributed by atoms with E-state index in [1.54, 1.807) is 13.8 Å². The third-order valence-electron chi connectivity index (χ3n) is 1.95. The zero-order chi connectivity index (χ0) is 14.6. The minimum Gasteiger partial charge on any atom is -0.459 e. The predicted molar refractivity (Wildman–Crippen MR) is 70.0 cm³/mol.